The molecule has 0 spiro atoms. The zero-order valence-electron chi connectivity index (χ0n) is 8.26. The number of pyridine rings is 1. The van der Waals surface area contributed by atoms with Crippen LogP contribution in [0.5, 0.6) is 0 Å². The third-order valence-electron chi connectivity index (χ3n) is 1.78. The Labute approximate surface area is 85.1 Å². The number of amidine groups is 1. The van der Waals surface area contributed by atoms with Crippen LogP contribution >= 0.6 is 0 Å². The average Bonchev–Trinajstić information content (AvgIpc) is 2.15. The summed E-state index contributed by atoms with van der Waals surface area (Å²) in [6.45, 7) is 0. The van der Waals surface area contributed by atoms with E-state index in [0.717, 1.165) is 18.3 Å². The van der Waals surface area contributed by atoms with Crippen LogP contribution < -0.4 is 0 Å². The second-order valence-electron chi connectivity index (χ2n) is 3.17. The van der Waals surface area contributed by atoms with Crippen molar-refractivity contribution in [3.63, 3.8) is 0 Å². The molecule has 0 amide bonds. The fourth-order valence-electron chi connectivity index (χ4n) is 0.965. The number of halogens is 3. The van der Waals surface area contributed by atoms with Gasteiger partial charge in [0, 0.05) is 20.3 Å². The standard InChI is InChI=1S/C9H10F3N3/c1-15(2)8(13)7-5-6(3-4-14-7)9(10,11)12/h3-5,13H,1-2H3. The van der Waals surface area contributed by atoms with Gasteiger partial charge in [0.1, 0.15) is 11.5 Å². The summed E-state index contributed by atoms with van der Waals surface area (Å²) in [6.07, 6.45) is -3.35. The van der Waals surface area contributed by atoms with Crippen LogP contribution in [0.4, 0.5) is 13.2 Å². The Balaban J connectivity index is 3.09. The maximum Gasteiger partial charge on any atom is 0.416 e. The Hall–Kier alpha value is -1.59. The van der Waals surface area contributed by atoms with Crippen molar-refractivity contribution in [1.29, 1.82) is 5.41 Å². The molecule has 0 atom stereocenters. The van der Waals surface area contributed by atoms with Gasteiger partial charge in [0.2, 0.25) is 0 Å². The summed E-state index contributed by atoms with van der Waals surface area (Å²) in [5.74, 6) is -0.0545. The molecule has 1 aromatic heterocycles. The van der Waals surface area contributed by atoms with Crippen LogP contribution in [0.3, 0.4) is 0 Å². The summed E-state index contributed by atoms with van der Waals surface area (Å²) in [5.41, 5.74) is -0.783. The molecule has 15 heavy (non-hydrogen) atoms. The largest absolute Gasteiger partial charge is 0.416 e. The molecule has 0 aromatic carbocycles. The highest BCUT2D eigenvalue weighted by molar-refractivity contribution is 5.94. The molecule has 6 heteroatoms. The van der Waals surface area contributed by atoms with E-state index in [2.05, 4.69) is 4.98 Å². The van der Waals surface area contributed by atoms with Crippen LogP contribution in [0.25, 0.3) is 0 Å². The zero-order valence-corrected chi connectivity index (χ0v) is 8.26. The van der Waals surface area contributed by atoms with Gasteiger partial charge in [0.15, 0.2) is 0 Å². The van der Waals surface area contributed by atoms with Gasteiger partial charge in [-0.05, 0) is 12.1 Å². The van der Waals surface area contributed by atoms with Crippen molar-refractivity contribution in [2.45, 2.75) is 6.18 Å². The number of nitrogens with one attached hydrogen (secondary N) is 1. The molecular weight excluding hydrogens is 207 g/mol. The number of aromatic nitrogens is 1. The molecule has 0 aliphatic carbocycles. The highest BCUT2D eigenvalue weighted by atomic mass is 19.4. The number of hydrogen-bond acceptors (Lipinski definition) is 2. The summed E-state index contributed by atoms with van der Waals surface area (Å²) in [6, 6.07) is 1.74. The number of rotatable bonds is 1. The monoisotopic (exact) mass is 217 g/mol. The second kappa shape index (κ2) is 3.88. The first kappa shape index (κ1) is 11.5. The fraction of sp³-hybridized carbons (Fsp3) is 0.333. The lowest BCUT2D eigenvalue weighted by atomic mass is 10.2. The Morgan fingerprint density at radius 1 is 1.40 bits per heavy atom. The molecule has 82 valence electrons. The Morgan fingerprint density at radius 3 is 2.47 bits per heavy atom. The Bertz CT molecular complexity index is 371. The van der Waals surface area contributed by atoms with E-state index in [1.165, 1.54) is 4.90 Å². The Kier molecular flexibility index (Phi) is 2.97. The van der Waals surface area contributed by atoms with Gasteiger partial charge in [0.25, 0.3) is 0 Å². The lowest BCUT2D eigenvalue weighted by Crippen LogP contribution is -2.23. The van der Waals surface area contributed by atoms with E-state index in [4.69, 9.17) is 5.41 Å². The van der Waals surface area contributed by atoms with Gasteiger partial charge in [-0.15, -0.1) is 0 Å². The van der Waals surface area contributed by atoms with Crippen LogP contribution in [-0.2, 0) is 6.18 Å². The highest BCUT2D eigenvalue weighted by Gasteiger charge is 2.31. The maximum absolute atomic E-state index is 12.3. The summed E-state index contributed by atoms with van der Waals surface area (Å²) in [5, 5.41) is 7.48. The Morgan fingerprint density at radius 2 is 2.00 bits per heavy atom. The van der Waals surface area contributed by atoms with Gasteiger partial charge in [-0.1, -0.05) is 0 Å². The minimum Gasteiger partial charge on any atom is -0.361 e. The lowest BCUT2D eigenvalue weighted by molar-refractivity contribution is -0.137. The summed E-state index contributed by atoms with van der Waals surface area (Å²) < 4.78 is 37.0. The molecule has 0 fully saturated rings. The highest BCUT2D eigenvalue weighted by Crippen LogP contribution is 2.29. The minimum absolute atomic E-state index is 0.00910. The summed E-state index contributed by atoms with van der Waals surface area (Å²) >= 11 is 0. The van der Waals surface area contributed by atoms with Crippen LogP contribution in [0, 0.1) is 5.41 Å². The van der Waals surface area contributed by atoms with E-state index in [0.29, 0.717) is 0 Å². The van der Waals surface area contributed by atoms with E-state index in [1.54, 1.807) is 14.1 Å². The van der Waals surface area contributed by atoms with Gasteiger partial charge in [0.05, 0.1) is 5.56 Å². The molecule has 0 unspecified atom stereocenters. The molecule has 3 nitrogen and oxygen atoms in total. The SMILES string of the molecule is CN(C)C(=N)c1cc(C(F)(F)F)ccn1. The molecule has 1 heterocycles. The van der Waals surface area contributed by atoms with Crippen LogP contribution in [0.15, 0.2) is 18.3 Å². The van der Waals surface area contributed by atoms with Crippen molar-refractivity contribution in [2.24, 2.45) is 0 Å². The molecule has 1 aromatic rings. The topological polar surface area (TPSA) is 40.0 Å². The van der Waals surface area contributed by atoms with Crippen molar-refractivity contribution in [2.75, 3.05) is 14.1 Å². The molecule has 0 saturated carbocycles. The first-order valence-corrected chi connectivity index (χ1v) is 4.12. The van der Waals surface area contributed by atoms with Crippen molar-refractivity contribution in [3.8, 4) is 0 Å². The lowest BCUT2D eigenvalue weighted by Gasteiger charge is -2.14. The molecular formula is C9H10F3N3. The normalized spacial score (nSPS) is 11.3. The van der Waals surface area contributed by atoms with Gasteiger partial charge in [-0.25, -0.2) is 0 Å². The van der Waals surface area contributed by atoms with Crippen LogP contribution in [0.2, 0.25) is 0 Å². The van der Waals surface area contributed by atoms with Gasteiger partial charge >= 0.3 is 6.18 Å². The predicted molar refractivity (Wildman–Crippen MR) is 49.8 cm³/mol. The van der Waals surface area contributed by atoms with Crippen molar-refractivity contribution >= 4 is 5.84 Å². The molecule has 0 bridgehead atoms. The van der Waals surface area contributed by atoms with E-state index in [-0.39, 0.29) is 11.5 Å². The van der Waals surface area contributed by atoms with Crippen molar-refractivity contribution in [3.05, 3.63) is 29.6 Å². The van der Waals surface area contributed by atoms with E-state index >= 15 is 0 Å². The van der Waals surface area contributed by atoms with E-state index in [9.17, 15) is 13.2 Å². The van der Waals surface area contributed by atoms with Crippen LogP contribution in [0.1, 0.15) is 11.3 Å². The molecule has 1 rings (SSSR count). The van der Waals surface area contributed by atoms with Crippen LogP contribution in [-0.4, -0.2) is 29.8 Å². The third kappa shape index (κ3) is 2.68. The first-order chi connectivity index (χ1) is 6.82. The van der Waals surface area contributed by atoms with Gasteiger partial charge < -0.3 is 4.90 Å². The smallest absolute Gasteiger partial charge is 0.361 e. The van der Waals surface area contributed by atoms with Crippen molar-refractivity contribution in [1.82, 2.24) is 9.88 Å². The average molecular weight is 217 g/mol. The molecule has 0 aliphatic rings. The quantitative estimate of drug-likeness (QED) is 0.577. The van der Waals surface area contributed by atoms with E-state index < -0.39 is 11.7 Å². The summed E-state index contributed by atoms with van der Waals surface area (Å²) in [7, 11) is 3.15. The predicted octanol–water partition coefficient (Wildman–Crippen LogP) is 1.99. The van der Waals surface area contributed by atoms with Crippen molar-refractivity contribution < 1.29 is 13.2 Å². The number of hydrogen-bond donors (Lipinski definition) is 1. The molecule has 0 aliphatic heterocycles. The van der Waals surface area contributed by atoms with E-state index in [1.807, 2.05) is 0 Å². The maximum atomic E-state index is 12.3. The first-order valence-electron chi connectivity index (χ1n) is 4.12. The summed E-state index contributed by atoms with van der Waals surface area (Å²) in [4.78, 5) is 5.10. The minimum atomic E-state index is -4.40. The zero-order chi connectivity index (χ0) is 11.6. The number of alkyl halides is 3. The van der Waals surface area contributed by atoms with Gasteiger partial charge in [-0.2, -0.15) is 13.2 Å². The second-order valence-corrected chi connectivity index (χ2v) is 3.17. The van der Waals surface area contributed by atoms with Gasteiger partial charge in [-0.3, -0.25) is 10.4 Å². The fourth-order valence-corrected chi connectivity index (χ4v) is 0.965. The molecule has 0 radical (unpaired) electrons. The number of nitrogens with zero attached hydrogens (tertiary/aromatic N) is 2. The third-order valence-corrected chi connectivity index (χ3v) is 1.78. The molecule has 0 saturated heterocycles. The molecule has 1 N–H and O–H groups in total.